The molecule has 2 amide bonds. The Labute approximate surface area is 166 Å². The number of imide groups is 1. The number of fused-ring (bicyclic) bond motifs is 2. The zero-order chi connectivity index (χ0) is 20.3. The zero-order valence-corrected chi connectivity index (χ0v) is 15.6. The summed E-state index contributed by atoms with van der Waals surface area (Å²) in [6, 6.07) is 11.3. The molecule has 7 heteroatoms. The Kier molecular flexibility index (Phi) is 3.74. The normalized spacial score (nSPS) is 25.6. The van der Waals surface area contributed by atoms with Crippen LogP contribution >= 0.6 is 0 Å². The van der Waals surface area contributed by atoms with Crippen molar-refractivity contribution in [1.29, 1.82) is 0 Å². The number of hydrogen-bond acceptors (Lipinski definition) is 6. The van der Waals surface area contributed by atoms with Crippen LogP contribution < -0.4 is 0 Å². The number of aliphatic hydroxyl groups is 1. The van der Waals surface area contributed by atoms with Crippen LogP contribution in [0.5, 0.6) is 0 Å². The molecule has 29 heavy (non-hydrogen) atoms. The number of carbonyl (C=O) groups excluding carboxylic acids is 3. The van der Waals surface area contributed by atoms with Gasteiger partial charge >= 0.3 is 0 Å². The van der Waals surface area contributed by atoms with Gasteiger partial charge in [-0.05, 0) is 19.1 Å². The van der Waals surface area contributed by atoms with Gasteiger partial charge in [-0.15, -0.1) is 0 Å². The fourth-order valence-corrected chi connectivity index (χ4v) is 4.50. The number of hydrogen-bond donors (Lipinski definition) is 1. The van der Waals surface area contributed by atoms with E-state index in [0.29, 0.717) is 16.8 Å². The van der Waals surface area contributed by atoms with Crippen molar-refractivity contribution in [2.24, 2.45) is 16.8 Å². The van der Waals surface area contributed by atoms with Crippen LogP contribution in [-0.2, 0) is 9.59 Å². The Bertz CT molecular complexity index is 1140. The number of benzene rings is 1. The van der Waals surface area contributed by atoms with Gasteiger partial charge in [-0.2, -0.15) is 0 Å². The first-order chi connectivity index (χ1) is 14.0. The van der Waals surface area contributed by atoms with Crippen molar-refractivity contribution in [3.05, 3.63) is 71.1 Å². The molecule has 5 rings (SSSR count). The summed E-state index contributed by atoms with van der Waals surface area (Å²) in [6.45, 7) is 1.98. The average molecular weight is 387 g/mol. The van der Waals surface area contributed by atoms with E-state index in [1.807, 2.05) is 0 Å². The number of allylic oxidation sites excluding steroid dienone is 1. The molecule has 1 N–H and O–H groups in total. The molecule has 7 nitrogen and oxygen atoms in total. The van der Waals surface area contributed by atoms with Crippen LogP contribution in [-0.4, -0.2) is 44.8 Å². The highest BCUT2D eigenvalue weighted by molar-refractivity contribution is 6.40. The van der Waals surface area contributed by atoms with Crippen molar-refractivity contribution < 1.29 is 19.5 Å². The summed E-state index contributed by atoms with van der Waals surface area (Å²) in [7, 11) is 0. The fourth-order valence-electron chi connectivity index (χ4n) is 4.50. The van der Waals surface area contributed by atoms with Gasteiger partial charge in [0.25, 0.3) is 0 Å². The largest absolute Gasteiger partial charge is 0.506 e. The van der Waals surface area contributed by atoms with Crippen LogP contribution in [0.25, 0.3) is 5.76 Å². The number of aliphatic hydroxyl groups excluding tert-OH is 1. The van der Waals surface area contributed by atoms with E-state index in [2.05, 4.69) is 9.98 Å². The number of ketones is 1. The maximum Gasteiger partial charge on any atom is 0.239 e. The molecule has 1 aromatic heterocycles. The van der Waals surface area contributed by atoms with Crippen molar-refractivity contribution in [3.63, 3.8) is 0 Å². The third-order valence-electron chi connectivity index (χ3n) is 5.81. The van der Waals surface area contributed by atoms with Gasteiger partial charge in [-0.1, -0.05) is 30.3 Å². The van der Waals surface area contributed by atoms with Crippen LogP contribution in [0.4, 0.5) is 0 Å². The van der Waals surface area contributed by atoms with Crippen molar-refractivity contribution in [2.75, 3.05) is 6.54 Å². The lowest BCUT2D eigenvalue weighted by atomic mass is 9.84. The van der Waals surface area contributed by atoms with Gasteiger partial charge in [0.1, 0.15) is 11.8 Å². The van der Waals surface area contributed by atoms with Gasteiger partial charge in [0.15, 0.2) is 5.78 Å². The maximum atomic E-state index is 13.0. The minimum Gasteiger partial charge on any atom is -0.506 e. The molecule has 2 aromatic rings. The van der Waals surface area contributed by atoms with Crippen LogP contribution in [0.3, 0.4) is 0 Å². The van der Waals surface area contributed by atoms with E-state index in [0.717, 1.165) is 0 Å². The summed E-state index contributed by atoms with van der Waals surface area (Å²) in [5, 5.41) is 10.8. The van der Waals surface area contributed by atoms with Gasteiger partial charge in [0.2, 0.25) is 11.8 Å². The number of nitrogens with zero attached hydrogens (tertiary/aromatic N) is 3. The topological polar surface area (TPSA) is 99.9 Å². The Morgan fingerprint density at radius 2 is 1.72 bits per heavy atom. The molecular weight excluding hydrogens is 370 g/mol. The van der Waals surface area contributed by atoms with E-state index >= 15 is 0 Å². The lowest BCUT2D eigenvalue weighted by Crippen LogP contribution is -2.33. The molecule has 0 spiro atoms. The van der Waals surface area contributed by atoms with Crippen LogP contribution in [0, 0.1) is 11.8 Å². The molecule has 3 atom stereocenters. The van der Waals surface area contributed by atoms with Crippen molar-refractivity contribution >= 4 is 29.1 Å². The molecule has 1 fully saturated rings. The Hall–Kier alpha value is -3.61. The van der Waals surface area contributed by atoms with E-state index in [-0.39, 0.29) is 41.2 Å². The molecule has 0 bridgehead atoms. The fraction of sp³-hybridized carbons (Fsp3) is 0.227. The second-order valence-electron chi connectivity index (χ2n) is 7.24. The van der Waals surface area contributed by atoms with Gasteiger partial charge in [-0.25, -0.2) is 0 Å². The van der Waals surface area contributed by atoms with E-state index in [9.17, 15) is 19.5 Å². The lowest BCUT2D eigenvalue weighted by Gasteiger charge is -2.16. The number of aliphatic imine (C=N–C) groups is 1. The minimum absolute atomic E-state index is 0.0127. The molecular formula is C22H17N3O4. The van der Waals surface area contributed by atoms with Crippen LogP contribution in [0.2, 0.25) is 0 Å². The minimum atomic E-state index is -0.898. The average Bonchev–Trinajstić information content (AvgIpc) is 3.33. The van der Waals surface area contributed by atoms with Crippen LogP contribution in [0.1, 0.15) is 34.6 Å². The predicted molar refractivity (Wildman–Crippen MR) is 104 cm³/mol. The number of pyridine rings is 1. The molecule has 0 saturated carbocycles. The molecule has 144 valence electrons. The van der Waals surface area contributed by atoms with E-state index in [1.54, 1.807) is 55.6 Å². The second kappa shape index (κ2) is 6.20. The SMILES string of the molecule is CCN1C(=O)C2C(C3=C(O)c4ccccc4C3=O)=NC(c3ccccn3)C2C1=O. The van der Waals surface area contributed by atoms with Gasteiger partial charge in [0, 0.05) is 23.9 Å². The van der Waals surface area contributed by atoms with Gasteiger partial charge < -0.3 is 5.11 Å². The Morgan fingerprint density at radius 1 is 1.00 bits per heavy atom. The summed E-state index contributed by atoms with van der Waals surface area (Å²) in [4.78, 5) is 49.2. The molecule has 3 unspecified atom stereocenters. The maximum absolute atomic E-state index is 13.0. The first-order valence-electron chi connectivity index (χ1n) is 9.46. The van der Waals surface area contributed by atoms with Gasteiger partial charge in [-0.3, -0.25) is 29.3 Å². The van der Waals surface area contributed by atoms with Crippen molar-refractivity contribution in [1.82, 2.24) is 9.88 Å². The smallest absolute Gasteiger partial charge is 0.239 e. The highest BCUT2D eigenvalue weighted by Crippen LogP contribution is 2.47. The van der Waals surface area contributed by atoms with Crippen molar-refractivity contribution in [3.8, 4) is 0 Å². The summed E-state index contributed by atoms with van der Waals surface area (Å²) >= 11 is 0. The first-order valence-corrected chi connectivity index (χ1v) is 9.46. The van der Waals surface area contributed by atoms with E-state index in [1.165, 1.54) is 4.90 Å². The number of likely N-dealkylation sites (tertiary alicyclic amines) is 1. The number of amides is 2. The summed E-state index contributed by atoms with van der Waals surface area (Å²) < 4.78 is 0. The van der Waals surface area contributed by atoms with Crippen molar-refractivity contribution in [2.45, 2.75) is 13.0 Å². The Balaban J connectivity index is 1.69. The summed E-state index contributed by atoms with van der Waals surface area (Å²) in [5.74, 6) is -2.94. The van der Waals surface area contributed by atoms with E-state index < -0.39 is 17.9 Å². The molecule has 3 aliphatic rings. The molecule has 3 heterocycles. The molecule has 1 saturated heterocycles. The zero-order valence-electron chi connectivity index (χ0n) is 15.6. The second-order valence-corrected chi connectivity index (χ2v) is 7.24. The summed E-state index contributed by atoms with van der Waals surface area (Å²) in [6.07, 6.45) is 1.60. The van der Waals surface area contributed by atoms with Crippen LogP contribution in [0.15, 0.2) is 59.2 Å². The quantitative estimate of drug-likeness (QED) is 0.815. The summed E-state index contributed by atoms with van der Waals surface area (Å²) in [5.41, 5.74) is 1.53. The third kappa shape index (κ3) is 2.27. The first kappa shape index (κ1) is 17.5. The highest BCUT2D eigenvalue weighted by Gasteiger charge is 2.58. The predicted octanol–water partition coefficient (Wildman–Crippen LogP) is 2.36. The number of aromatic nitrogens is 1. The molecule has 2 aliphatic heterocycles. The molecule has 0 radical (unpaired) electrons. The van der Waals surface area contributed by atoms with Gasteiger partial charge in [0.05, 0.1) is 28.8 Å². The third-order valence-corrected chi connectivity index (χ3v) is 5.81. The lowest BCUT2D eigenvalue weighted by molar-refractivity contribution is -0.139. The number of carbonyl (C=O) groups is 3. The monoisotopic (exact) mass is 387 g/mol. The number of Topliss-reactive ketones (excluding diaryl/α,β-unsaturated/α-hetero) is 1. The molecule has 1 aliphatic carbocycles. The standard InChI is InChI=1S/C22H17N3O4/c1-2-25-21(28)14-15(22(25)29)18(24-17(14)13-9-5-6-10-23-13)16-19(26)11-7-3-4-8-12(11)20(16)27/h3-10,14-15,17,26H,2H2,1H3. The molecule has 1 aromatic carbocycles. The van der Waals surface area contributed by atoms with E-state index in [4.69, 9.17) is 0 Å². The highest BCUT2D eigenvalue weighted by atomic mass is 16.3. The number of rotatable bonds is 3. The Morgan fingerprint density at radius 3 is 2.38 bits per heavy atom.